The predicted octanol–water partition coefficient (Wildman–Crippen LogP) is 3.54. The van der Waals surface area contributed by atoms with Crippen LogP contribution in [0.3, 0.4) is 0 Å². The van der Waals surface area contributed by atoms with Crippen molar-refractivity contribution >= 4 is 0 Å². The van der Waals surface area contributed by atoms with Gasteiger partial charge in [0.2, 0.25) is 0 Å². The van der Waals surface area contributed by atoms with E-state index in [0.717, 1.165) is 11.1 Å². The van der Waals surface area contributed by atoms with Gasteiger partial charge in [-0.2, -0.15) is 0 Å². The van der Waals surface area contributed by atoms with E-state index in [2.05, 4.69) is 50.0 Å². The maximum Gasteiger partial charge on any atom is 0.0852 e. The third kappa shape index (κ3) is 2.77. The first kappa shape index (κ1) is 12.8. The van der Waals surface area contributed by atoms with Crippen molar-refractivity contribution < 1.29 is 5.11 Å². The molecule has 1 N–H and O–H groups in total. The van der Waals surface area contributed by atoms with Gasteiger partial charge < -0.3 is 5.11 Å². The summed E-state index contributed by atoms with van der Waals surface area (Å²) in [5, 5.41) is 8.96. The normalized spacial score (nSPS) is 11.6. The van der Waals surface area contributed by atoms with Crippen LogP contribution in [0.5, 0.6) is 0 Å². The number of aliphatic hydroxyl groups excluding tert-OH is 1. The van der Waals surface area contributed by atoms with Crippen LogP contribution in [0.4, 0.5) is 0 Å². The minimum atomic E-state index is -0.0107. The molecule has 94 valence electrons. The fourth-order valence-electron chi connectivity index (χ4n) is 1.85. The summed E-state index contributed by atoms with van der Waals surface area (Å²) in [6, 6.07) is 12.4. The van der Waals surface area contributed by atoms with Crippen LogP contribution in [0.1, 0.15) is 32.0 Å². The predicted molar refractivity (Wildman–Crippen MR) is 74.3 cm³/mol. The van der Waals surface area contributed by atoms with Crippen molar-refractivity contribution in [1.29, 1.82) is 0 Å². The lowest BCUT2D eigenvalue weighted by atomic mass is 9.86. The first-order valence-corrected chi connectivity index (χ1v) is 6.17. The van der Waals surface area contributed by atoms with Crippen LogP contribution in [0.15, 0.2) is 42.6 Å². The Bertz CT molecular complexity index is 506. The second kappa shape index (κ2) is 4.91. The van der Waals surface area contributed by atoms with E-state index < -0.39 is 0 Å². The number of hydrogen-bond donors (Lipinski definition) is 1. The third-order valence-corrected chi connectivity index (χ3v) is 3.07. The zero-order chi connectivity index (χ0) is 13.2. The minimum Gasteiger partial charge on any atom is -0.390 e. The van der Waals surface area contributed by atoms with E-state index in [9.17, 15) is 0 Å². The Balaban J connectivity index is 2.28. The molecule has 0 spiro atoms. The fraction of sp³-hybridized carbons (Fsp3) is 0.312. The van der Waals surface area contributed by atoms with Crippen LogP contribution in [0.25, 0.3) is 11.1 Å². The number of pyridine rings is 1. The summed E-state index contributed by atoms with van der Waals surface area (Å²) in [5.74, 6) is 0. The molecule has 2 heteroatoms. The second-order valence-electron chi connectivity index (χ2n) is 5.52. The van der Waals surface area contributed by atoms with E-state index in [1.54, 1.807) is 6.20 Å². The summed E-state index contributed by atoms with van der Waals surface area (Å²) in [6.45, 7) is 6.61. The largest absolute Gasteiger partial charge is 0.390 e. The van der Waals surface area contributed by atoms with Crippen molar-refractivity contribution in [2.45, 2.75) is 32.8 Å². The summed E-state index contributed by atoms with van der Waals surface area (Å²) in [7, 11) is 0. The molecule has 2 nitrogen and oxygen atoms in total. The van der Waals surface area contributed by atoms with E-state index in [0.29, 0.717) is 5.69 Å². The Morgan fingerprint density at radius 2 is 1.56 bits per heavy atom. The molecule has 0 aliphatic heterocycles. The molecule has 0 atom stereocenters. The number of benzene rings is 1. The molecule has 2 rings (SSSR count). The summed E-state index contributed by atoms with van der Waals surface area (Å²) in [5.41, 5.74) is 4.43. The van der Waals surface area contributed by atoms with Crippen molar-refractivity contribution in [1.82, 2.24) is 4.98 Å². The van der Waals surface area contributed by atoms with Gasteiger partial charge >= 0.3 is 0 Å². The second-order valence-corrected chi connectivity index (χ2v) is 5.52. The highest BCUT2D eigenvalue weighted by atomic mass is 16.3. The maximum absolute atomic E-state index is 8.96. The van der Waals surface area contributed by atoms with Gasteiger partial charge in [0.05, 0.1) is 12.3 Å². The average Bonchev–Trinajstić information content (AvgIpc) is 2.38. The Labute approximate surface area is 108 Å². The van der Waals surface area contributed by atoms with E-state index in [1.165, 1.54) is 5.56 Å². The molecular weight excluding hydrogens is 222 g/mol. The van der Waals surface area contributed by atoms with Gasteiger partial charge in [0.1, 0.15) is 0 Å². The van der Waals surface area contributed by atoms with Crippen molar-refractivity contribution in [3.8, 4) is 11.1 Å². The molecule has 0 aliphatic rings. The Hall–Kier alpha value is -1.67. The molecule has 0 unspecified atom stereocenters. The van der Waals surface area contributed by atoms with Crippen molar-refractivity contribution in [3.63, 3.8) is 0 Å². The van der Waals surface area contributed by atoms with Crippen molar-refractivity contribution in [2.24, 2.45) is 0 Å². The molecule has 0 saturated heterocycles. The lowest BCUT2D eigenvalue weighted by Crippen LogP contribution is -2.10. The fourth-order valence-corrected chi connectivity index (χ4v) is 1.85. The molecule has 0 fully saturated rings. The molecule has 0 aliphatic carbocycles. The lowest BCUT2D eigenvalue weighted by Gasteiger charge is -2.19. The highest BCUT2D eigenvalue weighted by molar-refractivity contribution is 5.62. The number of aliphatic hydroxyl groups is 1. The highest BCUT2D eigenvalue weighted by Gasteiger charge is 2.12. The molecule has 0 saturated carbocycles. The van der Waals surface area contributed by atoms with Crippen LogP contribution in [0.2, 0.25) is 0 Å². The van der Waals surface area contributed by atoms with Crippen LogP contribution < -0.4 is 0 Å². The molecule has 0 amide bonds. The minimum absolute atomic E-state index is 0.0107. The Morgan fingerprint density at radius 3 is 2.00 bits per heavy atom. The standard InChI is InChI=1S/C16H19NO/c1-16(2,3)14-7-4-12(5-8-14)13-6-9-15(11-18)17-10-13/h4-10,18H,11H2,1-3H3. The number of nitrogens with zero attached hydrogens (tertiary/aromatic N) is 1. The average molecular weight is 241 g/mol. The van der Waals surface area contributed by atoms with Crippen molar-refractivity contribution in [3.05, 3.63) is 53.9 Å². The van der Waals surface area contributed by atoms with Gasteiger partial charge in [-0.25, -0.2) is 0 Å². The van der Waals surface area contributed by atoms with E-state index in [-0.39, 0.29) is 12.0 Å². The molecule has 1 aromatic heterocycles. The van der Waals surface area contributed by atoms with E-state index in [1.807, 2.05) is 12.1 Å². The molecule has 2 aromatic rings. The lowest BCUT2D eigenvalue weighted by molar-refractivity contribution is 0.277. The van der Waals surface area contributed by atoms with Crippen LogP contribution in [-0.2, 0) is 12.0 Å². The van der Waals surface area contributed by atoms with E-state index in [4.69, 9.17) is 5.11 Å². The maximum atomic E-state index is 8.96. The van der Waals surface area contributed by atoms with Crippen LogP contribution in [0, 0.1) is 0 Å². The van der Waals surface area contributed by atoms with Gasteiger partial charge in [-0.05, 0) is 22.6 Å². The summed E-state index contributed by atoms with van der Waals surface area (Å²) < 4.78 is 0. The SMILES string of the molecule is CC(C)(C)c1ccc(-c2ccc(CO)nc2)cc1. The number of hydrogen-bond acceptors (Lipinski definition) is 2. The molecule has 0 radical (unpaired) electrons. The zero-order valence-corrected chi connectivity index (χ0v) is 11.1. The monoisotopic (exact) mass is 241 g/mol. The van der Waals surface area contributed by atoms with Gasteiger partial charge in [-0.1, -0.05) is 51.1 Å². The first-order valence-electron chi connectivity index (χ1n) is 6.17. The molecular formula is C16H19NO. The quantitative estimate of drug-likeness (QED) is 0.872. The van der Waals surface area contributed by atoms with Gasteiger partial charge in [-0.15, -0.1) is 0 Å². The van der Waals surface area contributed by atoms with Gasteiger partial charge in [-0.3, -0.25) is 4.98 Å². The van der Waals surface area contributed by atoms with Gasteiger partial charge in [0.25, 0.3) is 0 Å². The first-order chi connectivity index (χ1) is 8.50. The van der Waals surface area contributed by atoms with Crippen molar-refractivity contribution in [2.75, 3.05) is 0 Å². The third-order valence-electron chi connectivity index (χ3n) is 3.07. The smallest absolute Gasteiger partial charge is 0.0852 e. The number of rotatable bonds is 2. The summed E-state index contributed by atoms with van der Waals surface area (Å²) in [4.78, 5) is 4.19. The number of aromatic nitrogens is 1. The molecule has 18 heavy (non-hydrogen) atoms. The van der Waals surface area contributed by atoms with Gasteiger partial charge in [0.15, 0.2) is 0 Å². The Morgan fingerprint density at radius 1 is 0.944 bits per heavy atom. The zero-order valence-electron chi connectivity index (χ0n) is 11.1. The van der Waals surface area contributed by atoms with Crippen LogP contribution >= 0.6 is 0 Å². The molecule has 1 aromatic carbocycles. The summed E-state index contributed by atoms with van der Waals surface area (Å²) in [6.07, 6.45) is 1.80. The van der Waals surface area contributed by atoms with Gasteiger partial charge in [0, 0.05) is 11.8 Å². The van der Waals surface area contributed by atoms with E-state index >= 15 is 0 Å². The molecule has 1 heterocycles. The molecule has 0 bridgehead atoms. The van der Waals surface area contributed by atoms with Crippen LogP contribution in [-0.4, -0.2) is 10.1 Å². The highest BCUT2D eigenvalue weighted by Crippen LogP contribution is 2.25. The topological polar surface area (TPSA) is 33.1 Å². The Kier molecular flexibility index (Phi) is 3.48. The summed E-state index contributed by atoms with van der Waals surface area (Å²) >= 11 is 0.